The SMILES string of the molecule is Cc1ccsc1CN(C)C(=O)CSc1nc2cc(S(=O)(=O)N3CCOCC3)ccc2o1. The molecule has 0 N–H and O–H groups in total. The van der Waals surface area contributed by atoms with E-state index in [1.165, 1.54) is 33.8 Å². The second-order valence-electron chi connectivity index (χ2n) is 7.19. The van der Waals surface area contributed by atoms with Gasteiger partial charge in [0.1, 0.15) is 5.52 Å². The minimum Gasteiger partial charge on any atom is -0.431 e. The molecule has 0 aliphatic carbocycles. The van der Waals surface area contributed by atoms with Crippen LogP contribution in [0.4, 0.5) is 0 Å². The molecular weight excluding hydrogens is 458 g/mol. The van der Waals surface area contributed by atoms with E-state index >= 15 is 0 Å². The number of nitrogens with zero attached hydrogens (tertiary/aromatic N) is 3. The van der Waals surface area contributed by atoms with Gasteiger partial charge in [-0.1, -0.05) is 11.8 Å². The number of fused-ring (bicyclic) bond motifs is 1. The first kappa shape index (κ1) is 22.3. The number of aromatic nitrogens is 1. The summed E-state index contributed by atoms with van der Waals surface area (Å²) in [6.45, 7) is 4.05. The zero-order valence-corrected chi connectivity index (χ0v) is 19.7. The molecule has 0 radical (unpaired) electrons. The molecule has 0 unspecified atom stereocenters. The summed E-state index contributed by atoms with van der Waals surface area (Å²) in [6, 6.07) is 6.68. The van der Waals surface area contributed by atoms with Crippen molar-refractivity contribution in [2.45, 2.75) is 23.6 Å². The van der Waals surface area contributed by atoms with Crippen molar-refractivity contribution in [2.75, 3.05) is 39.1 Å². The van der Waals surface area contributed by atoms with E-state index < -0.39 is 10.0 Å². The summed E-state index contributed by atoms with van der Waals surface area (Å²) < 4.78 is 38.0. The van der Waals surface area contributed by atoms with Crippen molar-refractivity contribution < 1.29 is 22.4 Å². The Morgan fingerprint density at radius 1 is 1.29 bits per heavy atom. The number of morpholine rings is 1. The Labute approximate surface area is 189 Å². The van der Waals surface area contributed by atoms with E-state index in [0.717, 1.165) is 4.88 Å². The number of thiophene rings is 1. The van der Waals surface area contributed by atoms with Gasteiger partial charge in [-0.05, 0) is 42.1 Å². The number of sulfonamides is 1. The van der Waals surface area contributed by atoms with Crippen LogP contribution >= 0.6 is 23.1 Å². The minimum atomic E-state index is -3.60. The fourth-order valence-corrected chi connectivity index (χ4v) is 6.31. The molecule has 3 aromatic rings. The van der Waals surface area contributed by atoms with Crippen LogP contribution in [0, 0.1) is 6.92 Å². The maximum atomic E-state index is 12.8. The molecule has 0 atom stereocenters. The third-order valence-corrected chi connectivity index (χ3v) is 8.76. The normalized spacial score (nSPS) is 15.4. The Morgan fingerprint density at radius 2 is 2.06 bits per heavy atom. The lowest BCUT2D eigenvalue weighted by Crippen LogP contribution is -2.40. The molecule has 11 heteroatoms. The number of thioether (sulfide) groups is 1. The van der Waals surface area contributed by atoms with Gasteiger partial charge in [0.15, 0.2) is 5.58 Å². The van der Waals surface area contributed by atoms with E-state index in [1.807, 2.05) is 18.4 Å². The van der Waals surface area contributed by atoms with Crippen LogP contribution in [0.3, 0.4) is 0 Å². The van der Waals surface area contributed by atoms with Crippen LogP contribution in [0.5, 0.6) is 0 Å². The van der Waals surface area contributed by atoms with Gasteiger partial charge in [0, 0.05) is 25.0 Å². The van der Waals surface area contributed by atoms with Gasteiger partial charge in [0.25, 0.3) is 5.22 Å². The summed E-state index contributed by atoms with van der Waals surface area (Å²) in [4.78, 5) is 19.9. The van der Waals surface area contributed by atoms with Gasteiger partial charge in [0.05, 0.1) is 30.4 Å². The van der Waals surface area contributed by atoms with E-state index in [-0.39, 0.29) is 16.6 Å². The molecule has 1 fully saturated rings. The van der Waals surface area contributed by atoms with E-state index in [0.29, 0.717) is 49.2 Å². The maximum absolute atomic E-state index is 12.8. The Balaban J connectivity index is 1.42. The van der Waals surface area contributed by atoms with Crippen molar-refractivity contribution in [3.63, 3.8) is 0 Å². The molecule has 166 valence electrons. The highest BCUT2D eigenvalue weighted by Crippen LogP contribution is 2.27. The standard InChI is InChI=1S/C20H23N3O5S3/c1-14-5-10-29-18(14)12-22(2)19(24)13-30-20-21-16-11-15(3-4-17(16)28-20)31(25,26)23-6-8-27-9-7-23/h3-5,10-11H,6-9,12-13H2,1-2H3. The van der Waals surface area contributed by atoms with Crippen LogP contribution in [0.1, 0.15) is 10.4 Å². The van der Waals surface area contributed by atoms with Crippen LogP contribution in [0.2, 0.25) is 0 Å². The Bertz CT molecular complexity index is 1180. The fraction of sp³-hybridized carbons (Fsp3) is 0.400. The molecule has 0 bridgehead atoms. The Hall–Kier alpha value is -1.92. The van der Waals surface area contributed by atoms with E-state index in [1.54, 1.807) is 29.4 Å². The highest BCUT2D eigenvalue weighted by Gasteiger charge is 2.27. The number of carbonyl (C=O) groups is 1. The van der Waals surface area contributed by atoms with E-state index in [4.69, 9.17) is 9.15 Å². The number of hydrogen-bond donors (Lipinski definition) is 0. The molecule has 0 spiro atoms. The van der Waals surface area contributed by atoms with Crippen LogP contribution in [-0.2, 0) is 26.1 Å². The molecule has 1 amide bonds. The highest BCUT2D eigenvalue weighted by molar-refractivity contribution is 7.99. The molecular formula is C20H23N3O5S3. The average Bonchev–Trinajstić information content (AvgIpc) is 3.37. The van der Waals surface area contributed by atoms with Gasteiger partial charge in [0.2, 0.25) is 15.9 Å². The first-order valence-corrected chi connectivity index (χ1v) is 13.0. The zero-order valence-electron chi connectivity index (χ0n) is 17.2. The molecule has 31 heavy (non-hydrogen) atoms. The molecule has 4 rings (SSSR count). The average molecular weight is 482 g/mol. The van der Waals surface area contributed by atoms with Crippen LogP contribution in [0.15, 0.2) is 44.2 Å². The Morgan fingerprint density at radius 3 is 2.77 bits per heavy atom. The predicted octanol–water partition coefficient (Wildman–Crippen LogP) is 2.97. The first-order valence-electron chi connectivity index (χ1n) is 9.73. The summed E-state index contributed by atoms with van der Waals surface area (Å²) in [5, 5.41) is 2.36. The maximum Gasteiger partial charge on any atom is 0.257 e. The van der Waals surface area contributed by atoms with Gasteiger partial charge >= 0.3 is 0 Å². The second-order valence-corrected chi connectivity index (χ2v) is 11.1. The van der Waals surface area contributed by atoms with Crippen molar-refractivity contribution >= 4 is 50.1 Å². The molecule has 8 nitrogen and oxygen atoms in total. The first-order chi connectivity index (χ1) is 14.8. The van der Waals surface area contributed by atoms with Gasteiger partial charge in [-0.25, -0.2) is 13.4 Å². The quantitative estimate of drug-likeness (QED) is 0.479. The van der Waals surface area contributed by atoms with Gasteiger partial charge in [-0.3, -0.25) is 4.79 Å². The summed E-state index contributed by atoms with van der Waals surface area (Å²) in [6.07, 6.45) is 0. The van der Waals surface area contributed by atoms with E-state index in [2.05, 4.69) is 4.98 Å². The number of aryl methyl sites for hydroxylation is 1. The van der Waals surface area contributed by atoms with Gasteiger partial charge < -0.3 is 14.1 Å². The fourth-order valence-electron chi connectivity index (χ4n) is 3.15. The number of hydrogen-bond acceptors (Lipinski definition) is 8. The zero-order chi connectivity index (χ0) is 22.0. The number of oxazole rings is 1. The van der Waals surface area contributed by atoms with Crippen LogP contribution in [-0.4, -0.2) is 67.6 Å². The lowest BCUT2D eigenvalue weighted by molar-refractivity contribution is -0.127. The molecule has 1 aromatic carbocycles. The topological polar surface area (TPSA) is 93.0 Å². The molecule has 3 heterocycles. The number of carbonyl (C=O) groups excluding carboxylic acids is 1. The number of ether oxygens (including phenoxy) is 1. The van der Waals surface area contributed by atoms with Crippen molar-refractivity contribution in [1.82, 2.24) is 14.2 Å². The lowest BCUT2D eigenvalue weighted by atomic mass is 10.3. The monoisotopic (exact) mass is 481 g/mol. The van der Waals surface area contributed by atoms with Crippen molar-refractivity contribution in [3.8, 4) is 0 Å². The van der Waals surface area contributed by atoms with Crippen molar-refractivity contribution in [3.05, 3.63) is 40.1 Å². The lowest BCUT2D eigenvalue weighted by Gasteiger charge is -2.25. The third-order valence-electron chi connectivity index (χ3n) is 5.04. The van der Waals surface area contributed by atoms with Crippen LogP contribution in [0.25, 0.3) is 11.1 Å². The number of rotatable bonds is 7. The van der Waals surface area contributed by atoms with Crippen LogP contribution < -0.4 is 0 Å². The molecule has 0 saturated carbocycles. The molecule has 2 aromatic heterocycles. The Kier molecular flexibility index (Phi) is 6.68. The summed E-state index contributed by atoms with van der Waals surface area (Å²) >= 11 is 2.83. The largest absolute Gasteiger partial charge is 0.431 e. The highest BCUT2D eigenvalue weighted by atomic mass is 32.2. The predicted molar refractivity (Wildman–Crippen MR) is 120 cm³/mol. The smallest absolute Gasteiger partial charge is 0.257 e. The third kappa shape index (κ3) is 4.96. The van der Waals surface area contributed by atoms with Gasteiger partial charge in [-0.15, -0.1) is 11.3 Å². The molecule has 1 saturated heterocycles. The summed E-state index contributed by atoms with van der Waals surface area (Å²) in [5.74, 6) is 0.155. The number of amides is 1. The second kappa shape index (κ2) is 9.29. The van der Waals surface area contributed by atoms with Gasteiger partial charge in [-0.2, -0.15) is 4.31 Å². The molecule has 1 aliphatic rings. The van der Waals surface area contributed by atoms with Crippen molar-refractivity contribution in [2.24, 2.45) is 0 Å². The summed E-state index contributed by atoms with van der Waals surface area (Å²) in [5.41, 5.74) is 2.12. The van der Waals surface area contributed by atoms with E-state index in [9.17, 15) is 13.2 Å². The number of benzene rings is 1. The van der Waals surface area contributed by atoms with Crippen molar-refractivity contribution in [1.29, 1.82) is 0 Å². The minimum absolute atomic E-state index is 0.0318. The molecule has 1 aliphatic heterocycles. The summed E-state index contributed by atoms with van der Waals surface area (Å²) in [7, 11) is -1.83.